The van der Waals surface area contributed by atoms with Crippen LogP contribution in [-0.2, 0) is 0 Å². The molecule has 6 heteroatoms. The van der Waals surface area contributed by atoms with Gasteiger partial charge in [0.05, 0.1) is 8.95 Å². The molecule has 0 amide bonds. The van der Waals surface area contributed by atoms with Crippen LogP contribution in [0.1, 0.15) is 0 Å². The predicted octanol–water partition coefficient (Wildman–Crippen LogP) is 3.80. The van der Waals surface area contributed by atoms with E-state index >= 15 is 0 Å². The van der Waals surface area contributed by atoms with Gasteiger partial charge in [-0.25, -0.2) is 13.2 Å². The van der Waals surface area contributed by atoms with E-state index in [1.54, 1.807) is 0 Å². The van der Waals surface area contributed by atoms with Gasteiger partial charge in [-0.2, -0.15) is 0 Å². The molecule has 72 valence electrons. The van der Waals surface area contributed by atoms with Crippen LogP contribution in [0.15, 0.2) is 15.0 Å². The molecule has 13 heavy (non-hydrogen) atoms. The van der Waals surface area contributed by atoms with E-state index < -0.39 is 18.5 Å². The summed E-state index contributed by atoms with van der Waals surface area (Å²) in [7, 11) is 0. The quantitative estimate of drug-likeness (QED) is 0.595. The highest BCUT2D eigenvalue weighted by atomic mass is 79.9. The van der Waals surface area contributed by atoms with Gasteiger partial charge in [0, 0.05) is 6.07 Å². The van der Waals surface area contributed by atoms with E-state index in [9.17, 15) is 13.2 Å². The maximum atomic E-state index is 12.8. The second kappa shape index (κ2) is 4.32. The van der Waals surface area contributed by atoms with E-state index in [0.29, 0.717) is 0 Å². The van der Waals surface area contributed by atoms with Crippen molar-refractivity contribution in [1.29, 1.82) is 0 Å². The van der Waals surface area contributed by atoms with Gasteiger partial charge in [-0.15, -0.1) is 0 Å². The van der Waals surface area contributed by atoms with E-state index in [0.717, 1.165) is 6.07 Å². The minimum absolute atomic E-state index is 0.0896. The molecule has 1 aromatic rings. The van der Waals surface area contributed by atoms with E-state index in [4.69, 9.17) is 0 Å². The molecule has 0 spiro atoms. The zero-order valence-corrected chi connectivity index (χ0v) is 9.25. The third kappa shape index (κ3) is 2.17. The molecule has 0 unspecified atom stereocenters. The Bertz CT molecular complexity index is 330. The molecule has 0 saturated heterocycles. The fourth-order valence-corrected chi connectivity index (χ4v) is 1.50. The summed E-state index contributed by atoms with van der Waals surface area (Å²) in [5.41, 5.74) is 0. The van der Waals surface area contributed by atoms with Gasteiger partial charge in [0.2, 0.25) is 6.86 Å². The molecule has 1 rings (SSSR count). The minimum Gasteiger partial charge on any atom is -0.462 e. The van der Waals surface area contributed by atoms with Crippen molar-refractivity contribution in [2.45, 2.75) is 0 Å². The van der Waals surface area contributed by atoms with Gasteiger partial charge < -0.3 is 4.74 Å². The lowest BCUT2D eigenvalue weighted by Gasteiger charge is -2.06. The first-order valence-corrected chi connectivity index (χ1v) is 4.68. The molecule has 0 N–H and O–H groups in total. The molecular formula is C7H3Br2F3O. The Balaban J connectivity index is 3.24. The molecule has 1 nitrogen and oxygen atoms in total. The fraction of sp³-hybridized carbons (Fsp3) is 0.143. The van der Waals surface area contributed by atoms with Crippen LogP contribution < -0.4 is 4.74 Å². The van der Waals surface area contributed by atoms with E-state index in [1.165, 1.54) is 0 Å². The topological polar surface area (TPSA) is 9.23 Å². The van der Waals surface area contributed by atoms with Crippen molar-refractivity contribution in [3.63, 3.8) is 0 Å². The monoisotopic (exact) mass is 318 g/mol. The fourth-order valence-electron chi connectivity index (χ4n) is 0.715. The molecule has 0 aliphatic rings. The maximum Gasteiger partial charge on any atom is 0.228 e. The Hall–Kier alpha value is -0.230. The molecule has 0 aliphatic heterocycles. The van der Waals surface area contributed by atoms with Crippen LogP contribution in [-0.4, -0.2) is 6.86 Å². The van der Waals surface area contributed by atoms with E-state index in [-0.39, 0.29) is 14.7 Å². The maximum absolute atomic E-state index is 12.8. The van der Waals surface area contributed by atoms with Crippen molar-refractivity contribution in [2.75, 3.05) is 6.86 Å². The van der Waals surface area contributed by atoms with Gasteiger partial charge >= 0.3 is 0 Å². The number of hydrogen-bond donors (Lipinski definition) is 0. The number of alkyl halides is 1. The lowest BCUT2D eigenvalue weighted by molar-refractivity contribution is 0.189. The molecule has 0 fully saturated rings. The number of benzene rings is 1. The normalized spacial score (nSPS) is 10.2. The van der Waals surface area contributed by atoms with Gasteiger partial charge in [-0.3, -0.25) is 0 Å². The molecule has 0 bridgehead atoms. The average Bonchev–Trinajstić information content (AvgIpc) is 2.11. The molecule has 0 aromatic heterocycles. The number of halogens is 5. The first kappa shape index (κ1) is 10.8. The molecule has 1 aromatic carbocycles. The van der Waals surface area contributed by atoms with Gasteiger partial charge in [0.1, 0.15) is 5.75 Å². The molecule has 0 atom stereocenters. The van der Waals surface area contributed by atoms with Crippen molar-refractivity contribution in [2.24, 2.45) is 0 Å². The van der Waals surface area contributed by atoms with Gasteiger partial charge in [0.15, 0.2) is 11.6 Å². The zero-order chi connectivity index (χ0) is 10.0. The summed E-state index contributed by atoms with van der Waals surface area (Å²) in [6.45, 7) is -1.10. The highest BCUT2D eigenvalue weighted by molar-refractivity contribution is 9.13. The van der Waals surface area contributed by atoms with Crippen LogP contribution in [0.5, 0.6) is 5.75 Å². The first-order chi connectivity index (χ1) is 6.07. The van der Waals surface area contributed by atoms with Gasteiger partial charge in [-0.1, -0.05) is 0 Å². The van der Waals surface area contributed by atoms with Crippen LogP contribution in [0, 0.1) is 11.6 Å². The Morgan fingerprint density at radius 1 is 1.23 bits per heavy atom. The second-order valence-electron chi connectivity index (χ2n) is 2.05. The highest BCUT2D eigenvalue weighted by Gasteiger charge is 2.15. The number of ether oxygens (including phenoxy) is 1. The number of rotatable bonds is 2. The Morgan fingerprint density at radius 3 is 2.38 bits per heavy atom. The van der Waals surface area contributed by atoms with Gasteiger partial charge in [-0.05, 0) is 31.9 Å². The van der Waals surface area contributed by atoms with Crippen LogP contribution in [0.2, 0.25) is 0 Å². The largest absolute Gasteiger partial charge is 0.462 e. The summed E-state index contributed by atoms with van der Waals surface area (Å²) >= 11 is 5.71. The summed E-state index contributed by atoms with van der Waals surface area (Å²) in [5.74, 6) is -2.23. The number of hydrogen-bond acceptors (Lipinski definition) is 1. The van der Waals surface area contributed by atoms with Crippen LogP contribution in [0.25, 0.3) is 0 Å². The standard InChI is InChI=1S/C7H3Br2F3O/c8-5-4(13-2-10)1-3(11)7(12)6(5)9/h1H,2H2. The van der Waals surface area contributed by atoms with E-state index in [2.05, 4.69) is 36.6 Å². The lowest BCUT2D eigenvalue weighted by atomic mass is 10.3. The summed E-state index contributed by atoms with van der Waals surface area (Å²) in [6.07, 6.45) is 0. The Labute approximate surface area is 89.1 Å². The molecule has 0 aliphatic carbocycles. The second-order valence-corrected chi connectivity index (χ2v) is 3.64. The van der Waals surface area contributed by atoms with Crippen molar-refractivity contribution < 1.29 is 17.9 Å². The van der Waals surface area contributed by atoms with Crippen LogP contribution >= 0.6 is 31.9 Å². The third-order valence-corrected chi connectivity index (χ3v) is 3.34. The van der Waals surface area contributed by atoms with Crippen molar-refractivity contribution >= 4 is 31.9 Å². The van der Waals surface area contributed by atoms with Crippen LogP contribution in [0.4, 0.5) is 13.2 Å². The summed E-state index contributed by atoms with van der Waals surface area (Å²) in [4.78, 5) is 0. The summed E-state index contributed by atoms with van der Waals surface area (Å²) < 4.78 is 41.7. The van der Waals surface area contributed by atoms with Crippen LogP contribution in [0.3, 0.4) is 0 Å². The molecular weight excluding hydrogens is 317 g/mol. The molecule has 0 saturated carbocycles. The molecule has 0 heterocycles. The first-order valence-electron chi connectivity index (χ1n) is 3.09. The zero-order valence-electron chi connectivity index (χ0n) is 6.08. The third-order valence-electron chi connectivity index (χ3n) is 1.28. The lowest BCUT2D eigenvalue weighted by Crippen LogP contribution is -1.95. The summed E-state index contributed by atoms with van der Waals surface area (Å²) in [6, 6.07) is 0.768. The Kier molecular flexibility index (Phi) is 3.61. The van der Waals surface area contributed by atoms with Crippen molar-refractivity contribution in [3.8, 4) is 5.75 Å². The van der Waals surface area contributed by atoms with Crippen molar-refractivity contribution in [1.82, 2.24) is 0 Å². The van der Waals surface area contributed by atoms with E-state index in [1.807, 2.05) is 0 Å². The average molecular weight is 320 g/mol. The molecule has 0 radical (unpaired) electrons. The van der Waals surface area contributed by atoms with Crippen molar-refractivity contribution in [3.05, 3.63) is 26.6 Å². The smallest absolute Gasteiger partial charge is 0.228 e. The summed E-state index contributed by atoms with van der Waals surface area (Å²) in [5, 5.41) is 0. The SMILES string of the molecule is FCOc1cc(F)c(F)c(Br)c1Br. The highest BCUT2D eigenvalue weighted by Crippen LogP contribution is 2.36. The minimum atomic E-state index is -1.10. The van der Waals surface area contributed by atoms with Gasteiger partial charge in [0.25, 0.3) is 0 Å². The predicted molar refractivity (Wildman–Crippen MR) is 48.4 cm³/mol. The Morgan fingerprint density at radius 2 is 1.85 bits per heavy atom.